The van der Waals surface area contributed by atoms with Crippen molar-refractivity contribution in [1.29, 1.82) is 0 Å². The van der Waals surface area contributed by atoms with Crippen molar-refractivity contribution in [1.82, 2.24) is 4.98 Å². The molecule has 2 rings (SSSR count). The van der Waals surface area contributed by atoms with Gasteiger partial charge in [0.25, 0.3) is 0 Å². The topological polar surface area (TPSA) is 79.7 Å². The zero-order chi connectivity index (χ0) is 26.8. The van der Waals surface area contributed by atoms with Gasteiger partial charge >= 0.3 is 5.97 Å². The van der Waals surface area contributed by atoms with Crippen molar-refractivity contribution in [2.45, 2.75) is 116 Å². The predicted octanol–water partition coefficient (Wildman–Crippen LogP) is 7.89. The van der Waals surface area contributed by atoms with Gasteiger partial charge in [0.05, 0.1) is 12.3 Å². The Morgan fingerprint density at radius 2 is 1.27 bits per heavy atom. The Labute approximate surface area is 225 Å². The van der Waals surface area contributed by atoms with Crippen molar-refractivity contribution in [2.24, 2.45) is 0 Å². The summed E-state index contributed by atoms with van der Waals surface area (Å²) < 4.78 is 4.86. The Hall–Kier alpha value is -2.24. The summed E-state index contributed by atoms with van der Waals surface area (Å²) in [5, 5.41) is 17.7. The molecule has 1 aromatic heterocycles. The van der Waals surface area contributed by atoms with E-state index >= 15 is 0 Å². The van der Waals surface area contributed by atoms with Crippen molar-refractivity contribution in [3.05, 3.63) is 54.7 Å². The van der Waals surface area contributed by atoms with Crippen LogP contribution in [0.2, 0.25) is 0 Å². The third-order valence-corrected chi connectivity index (χ3v) is 6.37. The second-order valence-corrected chi connectivity index (χ2v) is 9.80. The number of nitrogens with zero attached hydrogens (tertiary/aromatic N) is 1. The Bertz CT molecular complexity index is 716. The molecule has 2 aromatic rings. The van der Waals surface area contributed by atoms with Crippen LogP contribution in [0.25, 0.3) is 11.3 Å². The van der Waals surface area contributed by atoms with Gasteiger partial charge in [-0.3, -0.25) is 9.78 Å². The first-order valence-electron chi connectivity index (χ1n) is 14.6. The molecule has 5 heteroatoms. The van der Waals surface area contributed by atoms with Gasteiger partial charge in [-0.15, -0.1) is 0 Å². The fourth-order valence-corrected chi connectivity index (χ4v) is 4.10. The van der Waals surface area contributed by atoms with Gasteiger partial charge in [-0.1, -0.05) is 133 Å². The van der Waals surface area contributed by atoms with E-state index in [0.717, 1.165) is 24.1 Å². The summed E-state index contributed by atoms with van der Waals surface area (Å²) in [5.74, 6) is -0.276. The normalized spacial score (nSPS) is 11.4. The lowest BCUT2D eigenvalue weighted by molar-refractivity contribution is -0.147. The number of carbonyl (C=O) groups is 1. The summed E-state index contributed by atoms with van der Waals surface area (Å²) in [4.78, 5) is 15.6. The Kier molecular flexibility index (Phi) is 21.4. The van der Waals surface area contributed by atoms with Gasteiger partial charge in [0.1, 0.15) is 12.7 Å². The average Bonchev–Trinajstić information content (AvgIpc) is 2.95. The molecule has 0 bridgehead atoms. The number of esters is 1. The zero-order valence-electron chi connectivity index (χ0n) is 23.2. The molecule has 0 aliphatic carbocycles. The van der Waals surface area contributed by atoms with Crippen LogP contribution < -0.4 is 0 Å². The van der Waals surface area contributed by atoms with Crippen molar-refractivity contribution in [2.75, 3.05) is 13.2 Å². The summed E-state index contributed by atoms with van der Waals surface area (Å²) in [7, 11) is 0. The monoisotopic (exact) mass is 513 g/mol. The summed E-state index contributed by atoms with van der Waals surface area (Å²) >= 11 is 0. The summed E-state index contributed by atoms with van der Waals surface area (Å²) in [5.41, 5.74) is 2.19. The van der Waals surface area contributed by atoms with Gasteiger partial charge < -0.3 is 14.9 Å². The molecule has 1 aromatic carbocycles. The number of unbranched alkanes of at least 4 members (excludes halogenated alkanes) is 14. The Morgan fingerprint density at radius 1 is 0.757 bits per heavy atom. The molecular formula is C32H51NO4. The number of aliphatic hydroxyl groups is 2. The summed E-state index contributed by atoms with van der Waals surface area (Å²) in [6.07, 6.45) is 20.8. The molecule has 208 valence electrons. The van der Waals surface area contributed by atoms with E-state index in [2.05, 4.69) is 24.0 Å². The lowest BCUT2D eigenvalue weighted by atomic mass is 10.0. The van der Waals surface area contributed by atoms with Crippen LogP contribution in [0.5, 0.6) is 0 Å². The van der Waals surface area contributed by atoms with Crippen LogP contribution in [0.15, 0.2) is 54.7 Å². The first kappa shape index (κ1) is 32.8. The lowest BCUT2D eigenvalue weighted by Gasteiger charge is -2.08. The molecule has 1 unspecified atom stereocenters. The first-order valence-corrected chi connectivity index (χ1v) is 14.6. The molecule has 0 aliphatic heterocycles. The van der Waals surface area contributed by atoms with Crippen molar-refractivity contribution >= 4 is 5.97 Å². The van der Waals surface area contributed by atoms with Gasteiger partial charge in [-0.2, -0.15) is 0 Å². The molecule has 0 saturated heterocycles. The molecule has 0 saturated carbocycles. The van der Waals surface area contributed by atoms with E-state index in [0.29, 0.717) is 6.42 Å². The largest absolute Gasteiger partial charge is 0.463 e. The van der Waals surface area contributed by atoms with Crippen molar-refractivity contribution in [3.8, 4) is 11.3 Å². The molecule has 0 fully saturated rings. The second kappa shape index (κ2) is 24.1. The number of benzene rings is 1. The van der Waals surface area contributed by atoms with Crippen molar-refractivity contribution in [3.63, 3.8) is 0 Å². The van der Waals surface area contributed by atoms with Crippen LogP contribution in [-0.2, 0) is 9.53 Å². The number of aromatic nitrogens is 1. The number of hydrogen-bond acceptors (Lipinski definition) is 5. The quantitative estimate of drug-likeness (QED) is 0.139. The van der Waals surface area contributed by atoms with Gasteiger partial charge in [0.15, 0.2) is 0 Å². The van der Waals surface area contributed by atoms with E-state index in [-0.39, 0.29) is 19.2 Å². The molecule has 0 spiro atoms. The van der Waals surface area contributed by atoms with Gasteiger partial charge in [-0.25, -0.2) is 0 Å². The van der Waals surface area contributed by atoms with E-state index in [4.69, 9.17) is 14.9 Å². The second-order valence-electron chi connectivity index (χ2n) is 9.80. The highest BCUT2D eigenvalue weighted by Crippen LogP contribution is 2.15. The number of rotatable bonds is 20. The van der Waals surface area contributed by atoms with E-state index in [1.807, 2.05) is 42.6 Å². The van der Waals surface area contributed by atoms with Gasteiger partial charge in [0.2, 0.25) is 0 Å². The van der Waals surface area contributed by atoms with Gasteiger partial charge in [-0.05, 0) is 18.6 Å². The molecule has 0 amide bonds. The number of hydrogen-bond donors (Lipinski definition) is 2. The maximum Gasteiger partial charge on any atom is 0.305 e. The number of ether oxygens (including phenoxy) is 1. The smallest absolute Gasteiger partial charge is 0.305 e. The molecule has 1 atom stereocenters. The zero-order valence-corrected chi connectivity index (χ0v) is 23.2. The summed E-state index contributed by atoms with van der Waals surface area (Å²) in [6, 6.07) is 16.1. The molecule has 0 aliphatic rings. The van der Waals surface area contributed by atoms with E-state index < -0.39 is 6.10 Å². The third-order valence-electron chi connectivity index (χ3n) is 6.37. The maximum atomic E-state index is 11.4. The first-order chi connectivity index (χ1) is 18.2. The van der Waals surface area contributed by atoms with Crippen LogP contribution in [0.1, 0.15) is 110 Å². The highest BCUT2D eigenvalue weighted by Gasteiger charge is 2.07. The molecule has 5 nitrogen and oxygen atoms in total. The molecule has 1 heterocycles. The third kappa shape index (κ3) is 19.5. The van der Waals surface area contributed by atoms with E-state index in [9.17, 15) is 4.79 Å². The number of pyridine rings is 1. The van der Waals surface area contributed by atoms with E-state index in [1.54, 1.807) is 0 Å². The molecule has 37 heavy (non-hydrogen) atoms. The highest BCUT2D eigenvalue weighted by molar-refractivity contribution is 5.69. The molecular weight excluding hydrogens is 462 g/mol. The fraction of sp³-hybridized carbons (Fsp3) is 0.625. The predicted molar refractivity (Wildman–Crippen MR) is 153 cm³/mol. The maximum absolute atomic E-state index is 11.4. The van der Waals surface area contributed by atoms with Crippen molar-refractivity contribution < 1.29 is 19.7 Å². The number of aliphatic hydroxyl groups excluding tert-OH is 2. The SMILES string of the molecule is CCCCCCCCCCCCCCCCCC(=O)OCC(O)CO.c1ccc(-c2ccccn2)cc1. The summed E-state index contributed by atoms with van der Waals surface area (Å²) in [6.45, 7) is 1.79. The van der Waals surface area contributed by atoms with Crippen LogP contribution in [0.4, 0.5) is 0 Å². The van der Waals surface area contributed by atoms with E-state index in [1.165, 1.54) is 83.5 Å². The average molecular weight is 514 g/mol. The standard InChI is InChI=1S/C21H42O4.C11H9N/c1-2-3-4-5-6-7-8-9-10-11-12-13-14-15-16-17-21(24)25-19-20(23)18-22;1-2-6-10(7-3-1)11-8-4-5-9-12-11/h20,22-23H,2-19H2,1H3;1-9H. The van der Waals surface area contributed by atoms with Crippen LogP contribution in [0, 0.1) is 0 Å². The van der Waals surface area contributed by atoms with Crippen LogP contribution >= 0.6 is 0 Å². The Balaban J connectivity index is 0.000000466. The van der Waals surface area contributed by atoms with Crippen LogP contribution in [0.3, 0.4) is 0 Å². The molecule has 0 radical (unpaired) electrons. The highest BCUT2D eigenvalue weighted by atomic mass is 16.5. The minimum atomic E-state index is -0.954. The van der Waals surface area contributed by atoms with Gasteiger partial charge in [0, 0.05) is 18.2 Å². The lowest BCUT2D eigenvalue weighted by Crippen LogP contribution is -2.21. The Morgan fingerprint density at radius 3 is 1.76 bits per heavy atom. The van der Waals surface area contributed by atoms with Crippen LogP contribution in [-0.4, -0.2) is 40.5 Å². The molecule has 2 N–H and O–H groups in total. The fourth-order valence-electron chi connectivity index (χ4n) is 4.10. The number of carbonyl (C=O) groups excluding carboxylic acids is 1. The minimum Gasteiger partial charge on any atom is -0.463 e. The minimum absolute atomic E-state index is 0.103.